The Labute approximate surface area is 277 Å². The fourth-order valence-electron chi connectivity index (χ4n) is 6.06. The summed E-state index contributed by atoms with van der Waals surface area (Å²) in [7, 11) is -4.21. The van der Waals surface area contributed by atoms with E-state index >= 15 is 4.39 Å². The maximum Gasteiger partial charge on any atom is 0.264 e. The Morgan fingerprint density at radius 3 is 2.19 bits per heavy atom. The van der Waals surface area contributed by atoms with Gasteiger partial charge in [-0.15, -0.1) is 0 Å². The van der Waals surface area contributed by atoms with Crippen molar-refractivity contribution in [3.05, 3.63) is 131 Å². The fourth-order valence-corrected chi connectivity index (χ4v) is 7.46. The average molecular weight is 656 g/mol. The number of nitrogens with one attached hydrogen (secondary N) is 1. The number of nitrogens with zero attached hydrogens (tertiary/aromatic N) is 2. The van der Waals surface area contributed by atoms with Gasteiger partial charge in [-0.25, -0.2) is 12.8 Å². The Morgan fingerprint density at radius 1 is 0.830 bits per heavy atom. The molecular formula is C38H42FN3O4S. The van der Waals surface area contributed by atoms with Gasteiger partial charge in [0.15, 0.2) is 0 Å². The average Bonchev–Trinajstić information content (AvgIpc) is 3.07. The van der Waals surface area contributed by atoms with Gasteiger partial charge in [0.05, 0.1) is 10.6 Å². The Balaban J connectivity index is 1.57. The summed E-state index contributed by atoms with van der Waals surface area (Å²) in [5, 5.41) is 3.17. The minimum absolute atomic E-state index is 0.0226. The highest BCUT2D eigenvalue weighted by Gasteiger charge is 2.35. The Kier molecular flexibility index (Phi) is 11.1. The molecule has 1 aliphatic carbocycles. The molecule has 246 valence electrons. The van der Waals surface area contributed by atoms with Gasteiger partial charge in [-0.1, -0.05) is 97.6 Å². The van der Waals surface area contributed by atoms with Gasteiger partial charge in [0.2, 0.25) is 11.8 Å². The van der Waals surface area contributed by atoms with Gasteiger partial charge in [-0.3, -0.25) is 13.9 Å². The van der Waals surface area contributed by atoms with Crippen LogP contribution in [0.15, 0.2) is 108 Å². The van der Waals surface area contributed by atoms with E-state index in [2.05, 4.69) is 5.32 Å². The van der Waals surface area contributed by atoms with Crippen molar-refractivity contribution < 1.29 is 22.4 Å². The second-order valence-electron chi connectivity index (χ2n) is 12.3. The van der Waals surface area contributed by atoms with Gasteiger partial charge >= 0.3 is 0 Å². The van der Waals surface area contributed by atoms with Crippen LogP contribution in [0, 0.1) is 19.7 Å². The summed E-state index contributed by atoms with van der Waals surface area (Å²) in [5.41, 5.74) is 3.08. The minimum Gasteiger partial charge on any atom is -0.352 e. The highest BCUT2D eigenvalue weighted by molar-refractivity contribution is 7.92. The summed E-state index contributed by atoms with van der Waals surface area (Å²) in [6.45, 7) is 2.91. The molecule has 1 N–H and O–H groups in total. The summed E-state index contributed by atoms with van der Waals surface area (Å²) >= 11 is 0. The quantitative estimate of drug-likeness (QED) is 0.184. The van der Waals surface area contributed by atoms with Crippen LogP contribution in [0.25, 0.3) is 0 Å². The highest BCUT2D eigenvalue weighted by Crippen LogP contribution is 2.27. The van der Waals surface area contributed by atoms with Crippen molar-refractivity contribution in [3.8, 4) is 0 Å². The lowest BCUT2D eigenvalue weighted by Gasteiger charge is -2.35. The summed E-state index contributed by atoms with van der Waals surface area (Å²) in [5.74, 6) is -1.47. The van der Waals surface area contributed by atoms with E-state index < -0.39 is 34.3 Å². The Morgan fingerprint density at radius 2 is 1.51 bits per heavy atom. The van der Waals surface area contributed by atoms with Gasteiger partial charge < -0.3 is 10.2 Å². The standard InChI is InChI=1S/C38H42FN3O4S/c1-28-20-22-34(23-21-28)47(45,46)42(33-18-11-12-29(2)24-33)27-37(43)41(26-31-15-9-10-19-35(31)39)36(25-30-13-5-3-6-14-30)38(44)40-32-16-7-4-8-17-32/h3,5-6,9-15,18-24,32,36H,4,7-8,16-17,25-27H2,1-2H3,(H,40,44)/t36-/m0/s1. The summed E-state index contributed by atoms with van der Waals surface area (Å²) in [6, 6.07) is 27.8. The molecule has 2 amide bonds. The molecule has 0 aliphatic heterocycles. The lowest BCUT2D eigenvalue weighted by Crippen LogP contribution is -2.55. The normalized spacial score (nSPS) is 14.3. The third-order valence-electron chi connectivity index (χ3n) is 8.70. The van der Waals surface area contributed by atoms with Gasteiger partial charge in [0.25, 0.3) is 10.0 Å². The number of carbonyl (C=O) groups excluding carboxylic acids is 2. The molecule has 9 heteroatoms. The van der Waals surface area contributed by atoms with Gasteiger partial charge in [0, 0.05) is 24.6 Å². The maximum absolute atomic E-state index is 15.1. The molecule has 0 aromatic heterocycles. The van der Waals surface area contributed by atoms with Gasteiger partial charge in [-0.05, 0) is 68.1 Å². The molecule has 0 radical (unpaired) electrons. The van der Waals surface area contributed by atoms with Crippen molar-refractivity contribution in [1.29, 1.82) is 0 Å². The molecule has 1 fully saturated rings. The van der Waals surface area contributed by atoms with Crippen molar-refractivity contribution in [2.24, 2.45) is 0 Å². The third-order valence-corrected chi connectivity index (χ3v) is 10.5. The smallest absolute Gasteiger partial charge is 0.264 e. The zero-order valence-electron chi connectivity index (χ0n) is 26.9. The van der Waals surface area contributed by atoms with Gasteiger partial charge in [0.1, 0.15) is 18.4 Å². The van der Waals surface area contributed by atoms with E-state index in [0.29, 0.717) is 5.69 Å². The van der Waals surface area contributed by atoms with Crippen molar-refractivity contribution in [2.45, 2.75) is 75.9 Å². The first kappa shape index (κ1) is 33.9. The molecule has 1 aliphatic rings. The number of halogens is 1. The van der Waals surface area contributed by atoms with Crippen LogP contribution in [0.2, 0.25) is 0 Å². The SMILES string of the molecule is Cc1ccc(S(=O)(=O)N(CC(=O)N(Cc2ccccc2F)[C@@H](Cc2ccccc2)C(=O)NC2CCCCC2)c2cccc(C)c2)cc1. The number of amides is 2. The van der Waals surface area contributed by atoms with E-state index in [9.17, 15) is 18.0 Å². The van der Waals surface area contributed by atoms with E-state index in [1.165, 1.54) is 23.1 Å². The van der Waals surface area contributed by atoms with E-state index in [1.807, 2.05) is 50.2 Å². The van der Waals surface area contributed by atoms with Crippen LogP contribution in [-0.4, -0.2) is 43.8 Å². The fraction of sp³-hybridized carbons (Fsp3) is 0.316. The van der Waals surface area contributed by atoms with E-state index in [1.54, 1.807) is 48.5 Å². The van der Waals surface area contributed by atoms with Crippen LogP contribution in [0.5, 0.6) is 0 Å². The summed E-state index contributed by atoms with van der Waals surface area (Å²) < 4.78 is 44.6. The first-order chi connectivity index (χ1) is 22.6. The van der Waals surface area contributed by atoms with Crippen molar-refractivity contribution >= 4 is 27.5 Å². The van der Waals surface area contributed by atoms with Crippen molar-refractivity contribution in [1.82, 2.24) is 10.2 Å². The number of hydrogen-bond donors (Lipinski definition) is 1. The van der Waals surface area contributed by atoms with Crippen molar-refractivity contribution in [3.63, 3.8) is 0 Å². The molecule has 4 aromatic rings. The number of rotatable bonds is 12. The zero-order valence-corrected chi connectivity index (χ0v) is 27.8. The molecule has 0 saturated heterocycles. The van der Waals surface area contributed by atoms with Crippen LogP contribution in [-0.2, 0) is 32.6 Å². The third kappa shape index (κ3) is 8.65. The molecule has 1 atom stereocenters. The van der Waals surface area contributed by atoms with Crippen LogP contribution >= 0.6 is 0 Å². The molecule has 47 heavy (non-hydrogen) atoms. The van der Waals surface area contributed by atoms with Crippen LogP contribution in [0.4, 0.5) is 10.1 Å². The van der Waals surface area contributed by atoms with E-state index in [4.69, 9.17) is 0 Å². The molecule has 0 bridgehead atoms. The predicted octanol–water partition coefficient (Wildman–Crippen LogP) is 6.73. The first-order valence-electron chi connectivity index (χ1n) is 16.1. The van der Waals surface area contributed by atoms with E-state index in [0.717, 1.165) is 53.1 Å². The second kappa shape index (κ2) is 15.4. The number of carbonyl (C=O) groups is 2. The topological polar surface area (TPSA) is 86.8 Å². The molecule has 0 unspecified atom stereocenters. The van der Waals surface area contributed by atoms with Crippen LogP contribution in [0.1, 0.15) is 54.4 Å². The van der Waals surface area contributed by atoms with Gasteiger partial charge in [-0.2, -0.15) is 0 Å². The minimum atomic E-state index is -4.21. The number of hydrogen-bond acceptors (Lipinski definition) is 4. The van der Waals surface area contributed by atoms with Crippen molar-refractivity contribution in [2.75, 3.05) is 10.8 Å². The maximum atomic E-state index is 15.1. The largest absolute Gasteiger partial charge is 0.352 e. The van der Waals surface area contributed by atoms with Crippen LogP contribution in [0.3, 0.4) is 0 Å². The van der Waals surface area contributed by atoms with Crippen LogP contribution < -0.4 is 9.62 Å². The number of aryl methyl sites for hydroxylation is 2. The Bertz CT molecular complexity index is 1770. The molecule has 0 heterocycles. The molecular weight excluding hydrogens is 614 g/mol. The molecule has 4 aromatic carbocycles. The second-order valence-corrected chi connectivity index (χ2v) is 14.2. The number of anilines is 1. The van der Waals surface area contributed by atoms with E-state index in [-0.39, 0.29) is 35.4 Å². The molecule has 5 rings (SSSR count). The Hall–Kier alpha value is -4.50. The lowest BCUT2D eigenvalue weighted by molar-refractivity contribution is -0.140. The highest BCUT2D eigenvalue weighted by atomic mass is 32.2. The number of benzene rings is 4. The first-order valence-corrected chi connectivity index (χ1v) is 17.6. The monoisotopic (exact) mass is 655 g/mol. The molecule has 0 spiro atoms. The molecule has 7 nitrogen and oxygen atoms in total. The zero-order chi connectivity index (χ0) is 33.4. The summed E-state index contributed by atoms with van der Waals surface area (Å²) in [4.78, 5) is 30.1. The number of sulfonamides is 1. The lowest BCUT2D eigenvalue weighted by atomic mass is 9.94. The molecule has 1 saturated carbocycles. The summed E-state index contributed by atoms with van der Waals surface area (Å²) in [6.07, 6.45) is 5.00. The predicted molar refractivity (Wildman–Crippen MR) is 183 cm³/mol.